The maximum absolute atomic E-state index is 14.6. The van der Waals surface area contributed by atoms with Crippen molar-refractivity contribution in [3.8, 4) is 0 Å². The van der Waals surface area contributed by atoms with E-state index in [1.54, 1.807) is 29.2 Å². The van der Waals surface area contributed by atoms with Crippen LogP contribution in [-0.4, -0.2) is 46.8 Å². The number of urea groups is 1. The summed E-state index contributed by atoms with van der Waals surface area (Å²) in [7, 11) is 1.29. The van der Waals surface area contributed by atoms with Crippen LogP contribution in [-0.2, 0) is 9.53 Å². The lowest BCUT2D eigenvalue weighted by Gasteiger charge is -2.33. The molecule has 6 nitrogen and oxygen atoms in total. The third kappa shape index (κ3) is 4.93. The molecule has 0 aromatic heterocycles. The monoisotopic (exact) mass is 518 g/mol. The zero-order valence-corrected chi connectivity index (χ0v) is 21.9. The maximum Gasteiger partial charge on any atom is 0.331 e. The SMILES string of the molecule is COC(=O)C1C(C(=O)c2ccccc2)N(C(c2ccccc2)c2ccccc2)C(=O)N1C(C)c1ccccc1. The summed E-state index contributed by atoms with van der Waals surface area (Å²) in [6.45, 7) is 1.87. The van der Waals surface area contributed by atoms with Gasteiger partial charge in [-0.15, -0.1) is 0 Å². The standard InChI is InChI=1S/C33H30N2O4/c1-23(24-15-7-3-8-16-24)34-30(32(37)39-2)29(31(36)27-21-13-6-14-22-27)35(33(34)38)28(25-17-9-4-10-18-25)26-19-11-5-12-20-26/h3-23,28-30H,1-2H3. The minimum absolute atomic E-state index is 0.320. The molecule has 1 saturated heterocycles. The number of rotatable bonds is 8. The van der Waals surface area contributed by atoms with Crippen molar-refractivity contribution < 1.29 is 19.1 Å². The molecule has 1 heterocycles. The molecule has 0 N–H and O–H groups in total. The lowest BCUT2D eigenvalue weighted by molar-refractivity contribution is -0.146. The molecule has 39 heavy (non-hydrogen) atoms. The van der Waals surface area contributed by atoms with Gasteiger partial charge in [-0.3, -0.25) is 4.79 Å². The number of benzene rings is 4. The molecule has 196 valence electrons. The second-order valence-corrected chi connectivity index (χ2v) is 9.55. The van der Waals surface area contributed by atoms with Crippen molar-refractivity contribution in [1.82, 2.24) is 9.80 Å². The molecule has 1 aliphatic heterocycles. The second kappa shape index (κ2) is 11.4. The number of amides is 2. The highest BCUT2D eigenvalue weighted by Gasteiger charge is 2.57. The van der Waals surface area contributed by atoms with Crippen LogP contribution in [0.15, 0.2) is 121 Å². The molecule has 1 aliphatic rings. The summed E-state index contributed by atoms with van der Waals surface area (Å²) < 4.78 is 5.24. The highest BCUT2D eigenvalue weighted by atomic mass is 16.5. The van der Waals surface area contributed by atoms with E-state index in [-0.39, 0.29) is 5.78 Å². The number of carbonyl (C=O) groups is 3. The number of ketones is 1. The summed E-state index contributed by atoms with van der Waals surface area (Å²) >= 11 is 0. The Kier molecular flexibility index (Phi) is 7.55. The second-order valence-electron chi connectivity index (χ2n) is 9.55. The van der Waals surface area contributed by atoms with Crippen LogP contribution in [0, 0.1) is 0 Å². The van der Waals surface area contributed by atoms with Crippen LogP contribution < -0.4 is 0 Å². The Morgan fingerprint density at radius 1 is 0.641 bits per heavy atom. The van der Waals surface area contributed by atoms with E-state index >= 15 is 0 Å². The first-order valence-corrected chi connectivity index (χ1v) is 13.0. The van der Waals surface area contributed by atoms with E-state index in [0.717, 1.165) is 16.7 Å². The topological polar surface area (TPSA) is 66.9 Å². The predicted molar refractivity (Wildman–Crippen MR) is 149 cm³/mol. The number of methoxy groups -OCH3 is 1. The van der Waals surface area contributed by atoms with Crippen molar-refractivity contribution in [2.45, 2.75) is 31.1 Å². The lowest BCUT2D eigenvalue weighted by Crippen LogP contribution is -2.49. The molecule has 4 aromatic carbocycles. The summed E-state index contributed by atoms with van der Waals surface area (Å²) in [5, 5.41) is 0. The van der Waals surface area contributed by atoms with Crippen molar-refractivity contribution in [1.29, 1.82) is 0 Å². The molecule has 4 aromatic rings. The van der Waals surface area contributed by atoms with Crippen LogP contribution in [0.4, 0.5) is 4.79 Å². The summed E-state index contributed by atoms with van der Waals surface area (Å²) in [6.07, 6.45) is 0. The summed E-state index contributed by atoms with van der Waals surface area (Å²) in [4.78, 5) is 45.4. The van der Waals surface area contributed by atoms with Gasteiger partial charge in [0.2, 0.25) is 0 Å². The van der Waals surface area contributed by atoms with Crippen molar-refractivity contribution in [3.05, 3.63) is 144 Å². The average molecular weight is 519 g/mol. The summed E-state index contributed by atoms with van der Waals surface area (Å²) in [5.74, 6) is -0.957. The van der Waals surface area contributed by atoms with Gasteiger partial charge in [0.15, 0.2) is 11.8 Å². The average Bonchev–Trinajstić information content (AvgIpc) is 3.30. The van der Waals surface area contributed by atoms with E-state index in [4.69, 9.17) is 4.74 Å². The molecule has 3 atom stereocenters. The Hall–Kier alpha value is -4.71. The lowest BCUT2D eigenvalue weighted by atomic mass is 9.91. The third-order valence-electron chi connectivity index (χ3n) is 7.32. The van der Waals surface area contributed by atoms with Crippen LogP contribution >= 0.6 is 0 Å². The van der Waals surface area contributed by atoms with Crippen LogP contribution in [0.1, 0.15) is 46.1 Å². The molecule has 1 fully saturated rings. The number of nitrogens with zero attached hydrogens (tertiary/aromatic N) is 2. The Morgan fingerprint density at radius 3 is 1.54 bits per heavy atom. The highest BCUT2D eigenvalue weighted by molar-refractivity contribution is 6.08. The molecule has 0 spiro atoms. The van der Waals surface area contributed by atoms with Crippen molar-refractivity contribution in [2.75, 3.05) is 7.11 Å². The van der Waals surface area contributed by atoms with Gasteiger partial charge < -0.3 is 14.5 Å². The number of Topliss-reactive ketones (excluding diaryl/α,β-unsaturated/α-hetero) is 1. The quantitative estimate of drug-likeness (QED) is 0.210. The largest absolute Gasteiger partial charge is 0.467 e. The number of esters is 1. The Labute approximate surface area is 228 Å². The van der Waals surface area contributed by atoms with Gasteiger partial charge in [0, 0.05) is 5.56 Å². The van der Waals surface area contributed by atoms with E-state index in [1.807, 2.05) is 104 Å². The van der Waals surface area contributed by atoms with Gasteiger partial charge in [-0.05, 0) is 23.6 Å². The molecule has 6 heteroatoms. The number of ether oxygens (including phenoxy) is 1. The van der Waals surface area contributed by atoms with Crippen molar-refractivity contribution in [2.24, 2.45) is 0 Å². The van der Waals surface area contributed by atoms with E-state index in [2.05, 4.69) is 0 Å². The minimum Gasteiger partial charge on any atom is -0.467 e. The first-order chi connectivity index (χ1) is 19.0. The molecule has 0 aliphatic carbocycles. The minimum atomic E-state index is -1.15. The van der Waals surface area contributed by atoms with E-state index in [0.29, 0.717) is 5.56 Å². The number of hydrogen-bond acceptors (Lipinski definition) is 4. The number of hydrogen-bond donors (Lipinski definition) is 0. The predicted octanol–water partition coefficient (Wildman–Crippen LogP) is 6.07. The Bertz CT molecular complexity index is 1390. The highest BCUT2D eigenvalue weighted by Crippen LogP contribution is 2.41. The van der Waals surface area contributed by atoms with E-state index in [1.165, 1.54) is 12.0 Å². The first kappa shape index (κ1) is 25.9. The van der Waals surface area contributed by atoms with Crippen LogP contribution in [0.5, 0.6) is 0 Å². The van der Waals surface area contributed by atoms with Crippen LogP contribution in [0.3, 0.4) is 0 Å². The van der Waals surface area contributed by atoms with E-state index in [9.17, 15) is 14.4 Å². The molecule has 0 saturated carbocycles. The first-order valence-electron chi connectivity index (χ1n) is 13.0. The van der Waals surface area contributed by atoms with Crippen LogP contribution in [0.2, 0.25) is 0 Å². The normalized spacial score (nSPS) is 17.8. The van der Waals surface area contributed by atoms with Gasteiger partial charge in [-0.25, -0.2) is 9.59 Å². The Morgan fingerprint density at radius 2 is 1.08 bits per heavy atom. The molecule has 0 bridgehead atoms. The molecule has 3 unspecified atom stereocenters. The van der Waals surface area contributed by atoms with Gasteiger partial charge >= 0.3 is 12.0 Å². The summed E-state index contributed by atoms with van der Waals surface area (Å²) in [5.41, 5.74) is 2.94. The zero-order valence-electron chi connectivity index (χ0n) is 21.9. The van der Waals surface area contributed by atoms with Crippen molar-refractivity contribution in [3.63, 3.8) is 0 Å². The fourth-order valence-electron chi connectivity index (χ4n) is 5.44. The molecule has 5 rings (SSSR count). The zero-order chi connectivity index (χ0) is 27.4. The molecular formula is C33H30N2O4. The fourth-order valence-corrected chi connectivity index (χ4v) is 5.44. The number of carbonyl (C=O) groups excluding carboxylic acids is 3. The third-order valence-corrected chi connectivity index (χ3v) is 7.32. The van der Waals surface area contributed by atoms with E-state index < -0.39 is 36.2 Å². The van der Waals surface area contributed by atoms with Gasteiger partial charge in [-0.1, -0.05) is 121 Å². The molecule has 2 amide bonds. The fraction of sp³-hybridized carbons (Fsp3) is 0.182. The van der Waals surface area contributed by atoms with Gasteiger partial charge in [-0.2, -0.15) is 0 Å². The van der Waals surface area contributed by atoms with Gasteiger partial charge in [0.25, 0.3) is 0 Å². The van der Waals surface area contributed by atoms with Gasteiger partial charge in [0.05, 0.1) is 19.2 Å². The maximum atomic E-state index is 14.6. The van der Waals surface area contributed by atoms with Crippen molar-refractivity contribution >= 4 is 17.8 Å². The summed E-state index contributed by atoms with van der Waals surface area (Å²) in [6, 6.07) is 33.7. The smallest absolute Gasteiger partial charge is 0.331 e. The van der Waals surface area contributed by atoms with Gasteiger partial charge in [0.1, 0.15) is 6.04 Å². The van der Waals surface area contributed by atoms with Crippen LogP contribution in [0.25, 0.3) is 0 Å². The molecule has 0 radical (unpaired) electrons. The Balaban J connectivity index is 1.73. The molecular weight excluding hydrogens is 488 g/mol.